The van der Waals surface area contributed by atoms with Gasteiger partial charge >= 0.3 is 0 Å². The summed E-state index contributed by atoms with van der Waals surface area (Å²) in [5, 5.41) is 0. The Morgan fingerprint density at radius 3 is 2.33 bits per heavy atom. The number of hydrogen-bond acceptors (Lipinski definition) is 2. The van der Waals surface area contributed by atoms with Gasteiger partial charge in [0.05, 0.1) is 12.1 Å². The molecule has 1 aliphatic heterocycles. The van der Waals surface area contributed by atoms with Gasteiger partial charge in [-0.15, -0.1) is 0 Å². The van der Waals surface area contributed by atoms with Crippen LogP contribution in [-0.4, -0.2) is 24.5 Å². The summed E-state index contributed by atoms with van der Waals surface area (Å²) in [6, 6.07) is 1.06. The van der Waals surface area contributed by atoms with Crippen LogP contribution in [0.25, 0.3) is 0 Å². The molecule has 48 valence electrons. The fourth-order valence-corrected chi connectivity index (χ4v) is 1.28. The lowest BCUT2D eigenvalue weighted by molar-refractivity contribution is 0.878. The molecule has 0 amide bonds. The van der Waals surface area contributed by atoms with Gasteiger partial charge in [-0.1, -0.05) is 6.92 Å². The van der Waals surface area contributed by atoms with Crippen LogP contribution in [0.4, 0.5) is 0 Å². The fourth-order valence-electron chi connectivity index (χ4n) is 1.28. The van der Waals surface area contributed by atoms with Gasteiger partial charge in [0, 0.05) is 24.8 Å². The molecule has 1 heterocycles. The highest BCUT2D eigenvalue weighted by atomic mass is 15.0. The second-order valence-electron chi connectivity index (χ2n) is 2.74. The zero-order chi connectivity index (χ0) is 6.27. The second-order valence-corrected chi connectivity index (χ2v) is 2.74. The normalized spacial score (nSPS) is 46.1. The molecule has 0 aromatic rings. The van der Waals surface area contributed by atoms with Gasteiger partial charge in [-0.3, -0.25) is 9.98 Å². The first-order valence-corrected chi connectivity index (χ1v) is 3.43. The van der Waals surface area contributed by atoms with Crippen molar-refractivity contribution in [2.24, 2.45) is 15.9 Å². The molecule has 1 saturated carbocycles. The van der Waals surface area contributed by atoms with Crippen LogP contribution in [0, 0.1) is 5.92 Å². The van der Waals surface area contributed by atoms with E-state index in [0.29, 0.717) is 18.0 Å². The Hall–Kier alpha value is -0.660. The van der Waals surface area contributed by atoms with Crippen molar-refractivity contribution in [1.82, 2.24) is 0 Å². The van der Waals surface area contributed by atoms with Crippen LogP contribution in [0.3, 0.4) is 0 Å². The molecule has 2 atom stereocenters. The first-order chi connectivity index (χ1) is 4.39. The Kier molecular flexibility index (Phi) is 0.949. The molecule has 2 heteroatoms. The van der Waals surface area contributed by atoms with Gasteiger partial charge in [0.15, 0.2) is 0 Å². The van der Waals surface area contributed by atoms with Crippen LogP contribution in [-0.2, 0) is 0 Å². The third-order valence-electron chi connectivity index (χ3n) is 2.05. The van der Waals surface area contributed by atoms with Crippen LogP contribution in [0.5, 0.6) is 0 Å². The summed E-state index contributed by atoms with van der Waals surface area (Å²) in [6.07, 6.45) is 4.87. The zero-order valence-electron chi connectivity index (χ0n) is 5.49. The molecular weight excluding hydrogens is 112 g/mol. The van der Waals surface area contributed by atoms with Crippen molar-refractivity contribution in [2.45, 2.75) is 25.4 Å². The molecule has 0 spiro atoms. The molecule has 1 fully saturated rings. The first kappa shape index (κ1) is 5.15. The Balaban J connectivity index is 2.16. The molecule has 0 saturated heterocycles. The van der Waals surface area contributed by atoms with E-state index in [4.69, 9.17) is 0 Å². The molecule has 2 unspecified atom stereocenters. The molecule has 0 N–H and O–H groups in total. The van der Waals surface area contributed by atoms with Crippen LogP contribution in [0.15, 0.2) is 9.98 Å². The number of hydrogen-bond donors (Lipinski definition) is 0. The van der Waals surface area contributed by atoms with Crippen LogP contribution in [0.1, 0.15) is 13.3 Å². The summed E-state index contributed by atoms with van der Waals surface area (Å²) in [7, 11) is 0. The lowest BCUT2D eigenvalue weighted by Crippen LogP contribution is -1.81. The molecule has 0 bridgehead atoms. The maximum Gasteiger partial charge on any atom is 0.0769 e. The average Bonchev–Trinajstić information content (AvgIpc) is 2.51. The maximum atomic E-state index is 4.33. The van der Waals surface area contributed by atoms with Crippen molar-refractivity contribution in [3.8, 4) is 0 Å². The molecule has 2 nitrogen and oxygen atoms in total. The summed E-state index contributed by atoms with van der Waals surface area (Å²) in [5.41, 5.74) is 0. The molecule has 0 aromatic heterocycles. The van der Waals surface area contributed by atoms with Gasteiger partial charge in [0.2, 0.25) is 0 Å². The zero-order valence-corrected chi connectivity index (χ0v) is 5.49. The van der Waals surface area contributed by atoms with E-state index < -0.39 is 0 Å². The second kappa shape index (κ2) is 1.66. The van der Waals surface area contributed by atoms with Crippen LogP contribution in [0.2, 0.25) is 0 Å². The minimum atomic E-state index is 0.531. The number of aliphatic imine (C=N–C) groups is 2. The molecule has 2 aliphatic rings. The molecule has 9 heavy (non-hydrogen) atoms. The summed E-state index contributed by atoms with van der Waals surface area (Å²) in [4.78, 5) is 8.66. The highest BCUT2D eigenvalue weighted by Crippen LogP contribution is 2.37. The van der Waals surface area contributed by atoms with Gasteiger partial charge < -0.3 is 0 Å². The highest BCUT2D eigenvalue weighted by molar-refractivity contribution is 5.80. The van der Waals surface area contributed by atoms with Gasteiger partial charge in [0.1, 0.15) is 0 Å². The van der Waals surface area contributed by atoms with E-state index in [1.807, 2.05) is 12.4 Å². The van der Waals surface area contributed by atoms with E-state index >= 15 is 0 Å². The number of fused-ring (bicyclic) bond motifs is 1. The number of nitrogens with zero attached hydrogens (tertiary/aromatic N) is 2. The molecule has 2 rings (SSSR count). The molecular formula is C7H10N2. The van der Waals surface area contributed by atoms with E-state index in [1.54, 1.807) is 0 Å². The van der Waals surface area contributed by atoms with E-state index in [2.05, 4.69) is 16.9 Å². The summed E-state index contributed by atoms with van der Waals surface area (Å²) in [5.74, 6) is 0.706. The fraction of sp³-hybridized carbons (Fsp3) is 0.714. The molecule has 1 aliphatic carbocycles. The standard InChI is InChI=1S/C7H10N2/c1-5-6-7(5)9-4-2-3-8-6/h3-7H,2H2,1H3. The van der Waals surface area contributed by atoms with Gasteiger partial charge in [-0.05, 0) is 0 Å². The first-order valence-electron chi connectivity index (χ1n) is 3.43. The topological polar surface area (TPSA) is 24.7 Å². The Morgan fingerprint density at radius 1 is 1.22 bits per heavy atom. The minimum absolute atomic E-state index is 0.531. The SMILES string of the molecule is CC1C2N=CCC=NC12. The predicted octanol–water partition coefficient (Wildman–Crippen LogP) is 0.919. The van der Waals surface area contributed by atoms with Crippen LogP contribution >= 0.6 is 0 Å². The lowest BCUT2D eigenvalue weighted by atomic mass is 10.4. The van der Waals surface area contributed by atoms with Gasteiger partial charge in [0.25, 0.3) is 0 Å². The third-order valence-corrected chi connectivity index (χ3v) is 2.05. The summed E-state index contributed by atoms with van der Waals surface area (Å²) in [6.45, 7) is 2.20. The van der Waals surface area contributed by atoms with Crippen LogP contribution < -0.4 is 0 Å². The molecule has 0 aromatic carbocycles. The predicted molar refractivity (Wildman–Crippen MR) is 38.3 cm³/mol. The van der Waals surface area contributed by atoms with Crippen molar-refractivity contribution in [3.63, 3.8) is 0 Å². The summed E-state index contributed by atoms with van der Waals surface area (Å²) < 4.78 is 0. The molecule has 0 radical (unpaired) electrons. The van der Waals surface area contributed by atoms with Crippen molar-refractivity contribution >= 4 is 12.4 Å². The van der Waals surface area contributed by atoms with Crippen molar-refractivity contribution < 1.29 is 0 Å². The van der Waals surface area contributed by atoms with Crippen molar-refractivity contribution in [2.75, 3.05) is 0 Å². The quantitative estimate of drug-likeness (QED) is 0.456. The minimum Gasteiger partial charge on any atom is -0.291 e. The Labute approximate surface area is 54.7 Å². The van der Waals surface area contributed by atoms with E-state index in [-0.39, 0.29) is 0 Å². The Morgan fingerprint density at radius 2 is 1.78 bits per heavy atom. The Bertz CT molecular complexity index is 154. The number of rotatable bonds is 0. The largest absolute Gasteiger partial charge is 0.291 e. The summed E-state index contributed by atoms with van der Waals surface area (Å²) >= 11 is 0. The van der Waals surface area contributed by atoms with Gasteiger partial charge in [-0.25, -0.2) is 0 Å². The van der Waals surface area contributed by atoms with Gasteiger partial charge in [-0.2, -0.15) is 0 Å². The van der Waals surface area contributed by atoms with E-state index in [9.17, 15) is 0 Å². The smallest absolute Gasteiger partial charge is 0.0769 e. The van der Waals surface area contributed by atoms with E-state index in [1.165, 1.54) is 0 Å². The third kappa shape index (κ3) is 0.696. The maximum absolute atomic E-state index is 4.33. The van der Waals surface area contributed by atoms with E-state index in [0.717, 1.165) is 6.42 Å². The monoisotopic (exact) mass is 122 g/mol. The highest BCUT2D eigenvalue weighted by Gasteiger charge is 2.46. The lowest BCUT2D eigenvalue weighted by Gasteiger charge is -1.80. The van der Waals surface area contributed by atoms with Crippen molar-refractivity contribution in [3.05, 3.63) is 0 Å². The average molecular weight is 122 g/mol. The van der Waals surface area contributed by atoms with Crippen molar-refractivity contribution in [1.29, 1.82) is 0 Å².